The number of hydrogen-bond acceptors (Lipinski definition) is 12. The molecule has 1 aliphatic carbocycles. The highest BCUT2D eigenvalue weighted by Gasteiger charge is 2.44. The lowest BCUT2D eigenvalue weighted by atomic mass is 9.78. The van der Waals surface area contributed by atoms with Crippen LogP contribution in [0.25, 0.3) is 0 Å². The van der Waals surface area contributed by atoms with Crippen LogP contribution in [-0.4, -0.2) is 83.9 Å². The quantitative estimate of drug-likeness (QED) is 0.0958. The van der Waals surface area contributed by atoms with Crippen molar-refractivity contribution in [3.63, 3.8) is 0 Å². The molecule has 2 aliphatic heterocycles. The number of hydrogen-bond donors (Lipinski definition) is 3. The lowest BCUT2D eigenvalue weighted by Gasteiger charge is -2.27. The Morgan fingerprint density at radius 3 is 1.70 bits per heavy atom. The zero-order chi connectivity index (χ0) is 49.4. The Morgan fingerprint density at radius 1 is 0.727 bits per heavy atom. The number of nitrogens with one attached hydrogen (secondary N) is 2. The number of methoxy groups -OCH3 is 2. The Balaban J connectivity index is 0.000000217. The second-order valence-corrected chi connectivity index (χ2v) is 18.0. The molecule has 3 aromatic rings. The molecule has 2 heterocycles. The van der Waals surface area contributed by atoms with Crippen molar-refractivity contribution < 1.29 is 43.4 Å². The molecule has 0 aromatic heterocycles. The van der Waals surface area contributed by atoms with Crippen LogP contribution in [0.1, 0.15) is 146 Å². The van der Waals surface area contributed by atoms with Crippen molar-refractivity contribution in [3.8, 4) is 0 Å². The number of allylic oxidation sites excluding steroid dienone is 2. The topological polar surface area (TPSA) is 194 Å². The first kappa shape index (κ1) is 52.2. The number of aliphatic hydroxyl groups excluding tert-OH is 1. The number of aliphatic imine (C=N–C) groups is 2. The van der Waals surface area contributed by atoms with Gasteiger partial charge in [0.15, 0.2) is 5.78 Å². The molecule has 14 nitrogen and oxygen atoms in total. The van der Waals surface area contributed by atoms with Gasteiger partial charge in [-0.25, -0.2) is 9.59 Å². The number of rotatable bonds is 11. The molecule has 0 saturated heterocycles. The molecule has 0 spiro atoms. The fourth-order valence-electron chi connectivity index (χ4n) is 8.10. The van der Waals surface area contributed by atoms with E-state index >= 15 is 0 Å². The van der Waals surface area contributed by atoms with E-state index in [0.717, 1.165) is 11.1 Å². The minimum Gasteiger partial charge on any atom is -0.511 e. The van der Waals surface area contributed by atoms with E-state index in [9.17, 15) is 29.1 Å². The molecule has 0 bridgehead atoms. The summed E-state index contributed by atoms with van der Waals surface area (Å²) in [4.78, 5) is 75.1. The minimum atomic E-state index is -0.813. The molecule has 66 heavy (non-hydrogen) atoms. The van der Waals surface area contributed by atoms with Crippen LogP contribution in [0.5, 0.6) is 0 Å². The van der Waals surface area contributed by atoms with Gasteiger partial charge in [0.2, 0.25) is 0 Å². The smallest absolute Gasteiger partial charge is 0.338 e. The maximum atomic E-state index is 12.7. The average Bonchev–Trinajstić information content (AvgIpc) is 3.75. The molecule has 3 N–H and O–H groups in total. The molecule has 14 heteroatoms. The van der Waals surface area contributed by atoms with Gasteiger partial charge in [-0.2, -0.15) is 0 Å². The predicted octanol–water partition coefficient (Wildman–Crippen LogP) is 8.82. The molecule has 3 atom stereocenters. The number of benzene rings is 3. The van der Waals surface area contributed by atoms with Crippen LogP contribution in [-0.2, 0) is 28.7 Å². The third kappa shape index (κ3) is 11.3. The molecule has 3 aliphatic rings. The number of ether oxygens (including phenoxy) is 2. The van der Waals surface area contributed by atoms with Gasteiger partial charge >= 0.3 is 11.9 Å². The number of nitrogens with zero attached hydrogens (tertiary/aromatic N) is 3. The maximum Gasteiger partial charge on any atom is 0.338 e. The highest BCUT2D eigenvalue weighted by Crippen LogP contribution is 2.38. The van der Waals surface area contributed by atoms with Gasteiger partial charge in [-0.05, 0) is 114 Å². The highest BCUT2D eigenvalue weighted by atomic mass is 16.6. The van der Waals surface area contributed by atoms with Crippen LogP contribution in [0, 0.1) is 46.5 Å². The number of Topliss-reactive ketones (excluding diaryl/α,β-unsaturated/α-hetero) is 1. The summed E-state index contributed by atoms with van der Waals surface area (Å²) < 4.78 is 9.61. The zero-order valence-corrected chi connectivity index (χ0v) is 41.2. The lowest BCUT2D eigenvalue weighted by Crippen LogP contribution is -2.41. The first-order valence-corrected chi connectivity index (χ1v) is 22.4. The van der Waals surface area contributed by atoms with Crippen LogP contribution in [0.15, 0.2) is 75.0 Å². The molecule has 6 rings (SSSR count). The van der Waals surface area contributed by atoms with Gasteiger partial charge in [0, 0.05) is 24.0 Å². The van der Waals surface area contributed by atoms with E-state index in [1.54, 1.807) is 32.0 Å². The van der Waals surface area contributed by atoms with Crippen molar-refractivity contribution in [2.24, 2.45) is 27.0 Å². The molecule has 2 amide bonds. The standard InChI is InChI=1S/C20H27NO3.2C16H20N2O3/c1-6-16(21-24-7-2)20-17(22)10-15(11-18(20)23)19-13(4)8-12(3)9-14(19)5;1-9(2)16(4)15(20)17-13(18-16)12-8-10(3)6-7-11(12)14(19)21-5;1-9(2)16(4)15(20)17-13(18-16)11-7-6-10(3)8-12(11)14(19)21-5/h8-9,15,22H,6-7,10-11H2,1-5H3;2*6-9H,1-5H3,(H,17,18,20)/b21-16+;;. The summed E-state index contributed by atoms with van der Waals surface area (Å²) in [5, 5.41) is 20.1. The first-order chi connectivity index (χ1) is 31.0. The Hall–Kier alpha value is -6.44. The van der Waals surface area contributed by atoms with Crippen LogP contribution in [0.3, 0.4) is 0 Å². The zero-order valence-electron chi connectivity index (χ0n) is 41.2. The summed E-state index contributed by atoms with van der Waals surface area (Å²) >= 11 is 0. The van der Waals surface area contributed by atoms with Crippen molar-refractivity contribution >= 4 is 46.9 Å². The van der Waals surface area contributed by atoms with Crippen LogP contribution in [0.4, 0.5) is 0 Å². The lowest BCUT2D eigenvalue weighted by molar-refractivity contribution is -0.125. The molecule has 0 fully saturated rings. The van der Waals surface area contributed by atoms with Crippen molar-refractivity contribution in [1.82, 2.24) is 10.6 Å². The first-order valence-electron chi connectivity index (χ1n) is 22.4. The van der Waals surface area contributed by atoms with E-state index in [2.05, 4.69) is 58.7 Å². The number of carbonyl (C=O) groups is 5. The van der Waals surface area contributed by atoms with Gasteiger partial charge in [0.1, 0.15) is 35.1 Å². The van der Waals surface area contributed by atoms with E-state index in [-0.39, 0.29) is 41.1 Å². The summed E-state index contributed by atoms with van der Waals surface area (Å²) in [5.41, 5.74) is 7.93. The second-order valence-electron chi connectivity index (χ2n) is 18.0. The van der Waals surface area contributed by atoms with Crippen molar-refractivity contribution in [2.75, 3.05) is 20.8 Å². The van der Waals surface area contributed by atoms with Crippen LogP contribution in [0.2, 0.25) is 0 Å². The number of esters is 2. The SMILES string of the molecule is CCO/N=C(\CC)C1=C(O)CC(c2c(C)cc(C)cc2C)CC1=O.COC(=O)c1cc(C)ccc1C1=NC(C)(C(C)C)C(=O)N1.COC(=O)c1ccc(C)cc1C1=NC(C)(C(C)C)C(=O)N1. The Labute approximate surface area is 389 Å². The molecule has 0 saturated carbocycles. The highest BCUT2D eigenvalue weighted by molar-refractivity contribution is 6.23. The fourth-order valence-corrected chi connectivity index (χ4v) is 8.10. The maximum absolute atomic E-state index is 12.7. The third-order valence-corrected chi connectivity index (χ3v) is 12.5. The number of amidine groups is 2. The summed E-state index contributed by atoms with van der Waals surface area (Å²) in [5.74, 6) is -0.107. The van der Waals surface area contributed by atoms with Gasteiger partial charge in [0.25, 0.3) is 11.8 Å². The van der Waals surface area contributed by atoms with Gasteiger partial charge in [0.05, 0.1) is 36.6 Å². The Kier molecular flexibility index (Phi) is 17.2. The Bertz CT molecular complexity index is 2490. The number of aryl methyl sites for hydroxylation is 5. The van der Waals surface area contributed by atoms with Gasteiger partial charge < -0.3 is 30.1 Å². The molecular formula is C52H67N5O9. The van der Waals surface area contributed by atoms with Crippen molar-refractivity contribution in [2.45, 2.75) is 126 Å². The number of aliphatic hydroxyl groups is 1. The molecule has 3 unspecified atom stereocenters. The monoisotopic (exact) mass is 905 g/mol. The van der Waals surface area contributed by atoms with Crippen LogP contribution < -0.4 is 10.6 Å². The largest absolute Gasteiger partial charge is 0.511 e. The summed E-state index contributed by atoms with van der Waals surface area (Å²) in [7, 11) is 2.67. The molecule has 354 valence electrons. The van der Waals surface area contributed by atoms with Crippen molar-refractivity contribution in [3.05, 3.63) is 115 Å². The Morgan fingerprint density at radius 2 is 1.23 bits per heavy atom. The molecular weight excluding hydrogens is 839 g/mol. The van der Waals surface area contributed by atoms with E-state index in [0.29, 0.717) is 71.1 Å². The normalized spacial score (nSPS) is 20.4. The van der Waals surface area contributed by atoms with E-state index < -0.39 is 23.0 Å². The molecule has 3 aromatic carbocycles. The van der Waals surface area contributed by atoms with E-state index in [4.69, 9.17) is 14.3 Å². The van der Waals surface area contributed by atoms with E-state index in [1.165, 1.54) is 36.5 Å². The van der Waals surface area contributed by atoms with Crippen LogP contribution >= 0.6 is 0 Å². The fraction of sp³-hybridized carbons (Fsp3) is 0.462. The summed E-state index contributed by atoms with van der Waals surface area (Å²) in [6.45, 7) is 25.6. The van der Waals surface area contributed by atoms with Crippen molar-refractivity contribution in [1.29, 1.82) is 0 Å². The molecule has 0 radical (unpaired) electrons. The minimum absolute atomic E-state index is 0.0204. The summed E-state index contributed by atoms with van der Waals surface area (Å²) in [6, 6.07) is 15.0. The van der Waals surface area contributed by atoms with Gasteiger partial charge in [-0.15, -0.1) is 0 Å². The number of ketones is 1. The number of carbonyl (C=O) groups excluding carboxylic acids is 5. The van der Waals surface area contributed by atoms with E-state index in [1.807, 2.05) is 73.6 Å². The predicted molar refractivity (Wildman–Crippen MR) is 258 cm³/mol. The second kappa shape index (κ2) is 21.7. The summed E-state index contributed by atoms with van der Waals surface area (Å²) in [6.07, 6.45) is 1.42. The number of amides is 2. The third-order valence-electron chi connectivity index (χ3n) is 12.5. The van der Waals surface area contributed by atoms with Gasteiger partial charge in [-0.3, -0.25) is 24.4 Å². The van der Waals surface area contributed by atoms with Gasteiger partial charge in [-0.1, -0.05) is 86.8 Å². The average molecular weight is 906 g/mol. The number of oxime groups is 1.